The van der Waals surface area contributed by atoms with Crippen molar-refractivity contribution in [3.63, 3.8) is 0 Å². The molecule has 58 heavy (non-hydrogen) atoms. The number of hydrogen-bond acceptors (Lipinski definition) is 1. The van der Waals surface area contributed by atoms with Gasteiger partial charge in [-0.25, -0.2) is 0 Å². The molecule has 0 amide bonds. The first-order valence-electron chi connectivity index (χ1n) is 19.8. The lowest BCUT2D eigenvalue weighted by atomic mass is 9.67. The minimum Gasteiger partial charge on any atom is -0.310 e. The molecule has 1 aromatic heterocycles. The summed E-state index contributed by atoms with van der Waals surface area (Å²) < 4.78 is 3.40. The zero-order valence-corrected chi connectivity index (χ0v) is 33.2. The summed E-state index contributed by atoms with van der Waals surface area (Å²) in [7, 11) is 0. The molecule has 1 heterocycles. The smallest absolute Gasteiger partial charge is 0.0714 e. The Hall–Kier alpha value is -6.94. The maximum atomic E-state index is 3.99. The molecular weight excluding hydrogens is 769 g/mol. The molecule has 3 heteroatoms. The maximum absolute atomic E-state index is 3.99. The Morgan fingerprint density at radius 1 is 0.379 bits per heavy atom. The van der Waals surface area contributed by atoms with Gasteiger partial charge in [-0.3, -0.25) is 0 Å². The minimum absolute atomic E-state index is 0.515. The lowest BCUT2D eigenvalue weighted by Gasteiger charge is -2.35. The van der Waals surface area contributed by atoms with Crippen molar-refractivity contribution in [2.45, 2.75) is 5.41 Å². The zero-order chi connectivity index (χ0) is 38.6. The Morgan fingerprint density at radius 3 is 1.55 bits per heavy atom. The van der Waals surface area contributed by atoms with Gasteiger partial charge in [-0.05, 0) is 99.1 Å². The van der Waals surface area contributed by atoms with Gasteiger partial charge in [-0.1, -0.05) is 186 Å². The van der Waals surface area contributed by atoms with Crippen LogP contribution in [0.1, 0.15) is 22.3 Å². The normalized spacial score (nSPS) is 12.7. The van der Waals surface area contributed by atoms with Crippen LogP contribution in [0.5, 0.6) is 0 Å². The Balaban J connectivity index is 1.17. The van der Waals surface area contributed by atoms with Crippen LogP contribution in [0.25, 0.3) is 49.7 Å². The van der Waals surface area contributed by atoms with Crippen molar-refractivity contribution >= 4 is 54.8 Å². The van der Waals surface area contributed by atoms with Crippen LogP contribution in [0.15, 0.2) is 229 Å². The van der Waals surface area contributed by atoms with E-state index in [9.17, 15) is 0 Å². The van der Waals surface area contributed by atoms with Crippen LogP contribution in [0.2, 0.25) is 0 Å². The summed E-state index contributed by atoms with van der Waals surface area (Å²) in [5.74, 6) is 0. The average molecular weight is 806 g/mol. The van der Waals surface area contributed by atoms with Gasteiger partial charge in [0.25, 0.3) is 0 Å². The van der Waals surface area contributed by atoms with Crippen LogP contribution < -0.4 is 4.90 Å². The van der Waals surface area contributed by atoms with Crippen molar-refractivity contribution in [2.24, 2.45) is 0 Å². The molecule has 0 spiro atoms. The molecule has 0 aliphatic heterocycles. The van der Waals surface area contributed by atoms with E-state index in [-0.39, 0.29) is 0 Å². The molecule has 0 unspecified atom stereocenters. The fraction of sp³-hybridized carbons (Fsp3) is 0.0182. The number of benzene rings is 9. The first kappa shape index (κ1) is 34.3. The largest absolute Gasteiger partial charge is 0.310 e. The van der Waals surface area contributed by atoms with Crippen LogP contribution in [-0.2, 0) is 5.41 Å². The summed E-state index contributed by atoms with van der Waals surface area (Å²) in [5.41, 5.74) is 16.1. The average Bonchev–Trinajstić information content (AvgIpc) is 3.78. The van der Waals surface area contributed by atoms with Crippen molar-refractivity contribution in [3.05, 3.63) is 251 Å². The molecule has 1 aliphatic rings. The Kier molecular flexibility index (Phi) is 8.23. The molecule has 10 aromatic rings. The van der Waals surface area contributed by atoms with Crippen molar-refractivity contribution in [2.75, 3.05) is 4.90 Å². The highest BCUT2D eigenvalue weighted by Gasteiger charge is 2.46. The summed E-state index contributed by atoms with van der Waals surface area (Å²) >= 11 is 3.99. The molecule has 9 aromatic carbocycles. The van der Waals surface area contributed by atoms with E-state index in [4.69, 9.17) is 0 Å². The highest BCUT2D eigenvalue weighted by Crippen LogP contribution is 2.57. The van der Waals surface area contributed by atoms with E-state index in [1.54, 1.807) is 0 Å². The minimum atomic E-state index is -0.515. The number of nitrogens with zero attached hydrogens (tertiary/aromatic N) is 2. The summed E-state index contributed by atoms with van der Waals surface area (Å²) in [6, 6.07) is 81.9. The summed E-state index contributed by atoms with van der Waals surface area (Å²) in [4.78, 5) is 2.42. The number of aromatic nitrogens is 1. The number of fused-ring (bicyclic) bond motifs is 6. The molecule has 0 N–H and O–H groups in total. The quantitative estimate of drug-likeness (QED) is 0.156. The van der Waals surface area contributed by atoms with E-state index in [0.717, 1.165) is 27.2 Å². The molecule has 0 radical (unpaired) electrons. The van der Waals surface area contributed by atoms with Gasteiger partial charge in [0.2, 0.25) is 0 Å². The summed E-state index contributed by atoms with van der Waals surface area (Å²) in [6.45, 7) is 0. The molecule has 0 atom stereocenters. The first-order chi connectivity index (χ1) is 28.7. The topological polar surface area (TPSA) is 8.17 Å². The second-order valence-electron chi connectivity index (χ2n) is 15.0. The van der Waals surface area contributed by atoms with E-state index in [1.165, 1.54) is 66.3 Å². The van der Waals surface area contributed by atoms with Gasteiger partial charge in [0.15, 0.2) is 0 Å². The number of hydrogen-bond donors (Lipinski definition) is 0. The molecule has 0 saturated carbocycles. The lowest BCUT2D eigenvalue weighted by Crippen LogP contribution is -2.28. The second kappa shape index (κ2) is 13.9. The van der Waals surface area contributed by atoms with Crippen LogP contribution in [0.4, 0.5) is 17.1 Å². The fourth-order valence-electron chi connectivity index (χ4n) is 9.47. The molecule has 1 aliphatic carbocycles. The zero-order valence-electron chi connectivity index (χ0n) is 31.6. The van der Waals surface area contributed by atoms with Crippen molar-refractivity contribution in [3.8, 4) is 27.9 Å². The number of anilines is 3. The van der Waals surface area contributed by atoms with Gasteiger partial charge in [0.1, 0.15) is 0 Å². The SMILES string of the molecule is Brc1cc(N(c2ccc(-c3ccccc3)cc2)c2ccc3c(c2)C(c2ccccc2)(c2ccccc2)c2ccccc2-3)cc(-n2c3ccccc3c3ccccc32)c1. The van der Waals surface area contributed by atoms with Crippen LogP contribution in [0.3, 0.4) is 0 Å². The molecule has 0 saturated heterocycles. The summed E-state index contributed by atoms with van der Waals surface area (Å²) in [5, 5.41) is 2.48. The van der Waals surface area contributed by atoms with Gasteiger partial charge < -0.3 is 9.47 Å². The van der Waals surface area contributed by atoms with E-state index in [2.05, 4.69) is 250 Å². The van der Waals surface area contributed by atoms with E-state index < -0.39 is 5.41 Å². The van der Waals surface area contributed by atoms with Gasteiger partial charge >= 0.3 is 0 Å². The van der Waals surface area contributed by atoms with E-state index in [0.29, 0.717) is 0 Å². The maximum Gasteiger partial charge on any atom is 0.0714 e. The standard InChI is InChI=1S/C55H37BrN2/c56-42-34-45(36-46(35-42)58-53-26-14-11-23-49(53)50-24-12-15-27-54(50)58)57(43-30-28-39(29-31-43)38-16-4-1-5-17-38)44-32-33-48-47-22-10-13-25-51(47)55(52(48)37-44,40-18-6-2-7-19-40)41-20-8-3-9-21-41/h1-37H. The van der Waals surface area contributed by atoms with Crippen LogP contribution in [-0.4, -0.2) is 4.57 Å². The van der Waals surface area contributed by atoms with E-state index >= 15 is 0 Å². The van der Waals surface area contributed by atoms with Crippen molar-refractivity contribution < 1.29 is 0 Å². The third kappa shape index (κ3) is 5.39. The van der Waals surface area contributed by atoms with Gasteiger partial charge in [-0.15, -0.1) is 0 Å². The van der Waals surface area contributed by atoms with E-state index in [1.807, 2.05) is 0 Å². The highest BCUT2D eigenvalue weighted by atomic mass is 79.9. The molecular formula is C55H37BrN2. The van der Waals surface area contributed by atoms with Crippen molar-refractivity contribution in [1.82, 2.24) is 4.57 Å². The van der Waals surface area contributed by atoms with Crippen molar-refractivity contribution in [1.29, 1.82) is 0 Å². The second-order valence-corrected chi connectivity index (χ2v) is 16.0. The van der Waals surface area contributed by atoms with Crippen LogP contribution in [0, 0.1) is 0 Å². The molecule has 2 nitrogen and oxygen atoms in total. The predicted octanol–water partition coefficient (Wildman–Crippen LogP) is 15.0. The van der Waals surface area contributed by atoms with Crippen LogP contribution >= 0.6 is 15.9 Å². The highest BCUT2D eigenvalue weighted by molar-refractivity contribution is 9.10. The monoisotopic (exact) mass is 804 g/mol. The lowest BCUT2D eigenvalue weighted by molar-refractivity contribution is 0.768. The fourth-order valence-corrected chi connectivity index (χ4v) is 9.94. The van der Waals surface area contributed by atoms with Gasteiger partial charge in [0, 0.05) is 38.0 Å². The number of rotatable bonds is 7. The Labute approximate surface area is 347 Å². The molecule has 274 valence electrons. The number of para-hydroxylation sites is 2. The first-order valence-corrected chi connectivity index (χ1v) is 20.6. The van der Waals surface area contributed by atoms with Gasteiger partial charge in [0.05, 0.1) is 16.4 Å². The molecule has 0 bridgehead atoms. The molecule has 0 fully saturated rings. The predicted molar refractivity (Wildman–Crippen MR) is 246 cm³/mol. The Bertz CT molecular complexity index is 3020. The number of halogens is 1. The van der Waals surface area contributed by atoms with Gasteiger partial charge in [-0.2, -0.15) is 0 Å². The third-order valence-electron chi connectivity index (χ3n) is 11.9. The molecule has 11 rings (SSSR count). The third-order valence-corrected chi connectivity index (χ3v) is 12.4. The summed E-state index contributed by atoms with van der Waals surface area (Å²) in [6.07, 6.45) is 0. The Morgan fingerprint density at radius 2 is 0.897 bits per heavy atom.